The zero-order valence-corrected chi connectivity index (χ0v) is 9.14. The van der Waals surface area contributed by atoms with Gasteiger partial charge in [0.05, 0.1) is 5.52 Å². The topological polar surface area (TPSA) is 39.2 Å². The first kappa shape index (κ1) is 10.6. The van der Waals surface area contributed by atoms with Gasteiger partial charge in [-0.3, -0.25) is 4.79 Å². The van der Waals surface area contributed by atoms with Gasteiger partial charge in [-0.25, -0.2) is 4.98 Å². The molecule has 0 N–H and O–H groups in total. The summed E-state index contributed by atoms with van der Waals surface area (Å²) in [4.78, 5) is 15.5. The Kier molecular flexibility index (Phi) is 3.15. The number of hydrogen-bond acceptors (Lipinski definition) is 3. The fourth-order valence-corrected chi connectivity index (χ4v) is 1.48. The summed E-state index contributed by atoms with van der Waals surface area (Å²) in [7, 11) is 0. The van der Waals surface area contributed by atoms with Crippen molar-refractivity contribution in [3.63, 3.8) is 0 Å². The number of nitrogens with zero attached hydrogens (tertiary/aromatic N) is 1. The second-order valence-corrected chi connectivity index (χ2v) is 3.57. The summed E-state index contributed by atoms with van der Waals surface area (Å²) >= 11 is 0. The van der Waals surface area contributed by atoms with E-state index in [0.29, 0.717) is 12.3 Å². The lowest BCUT2D eigenvalue weighted by molar-refractivity contribution is -0.134. The van der Waals surface area contributed by atoms with E-state index in [1.165, 1.54) is 0 Å². The molecule has 2 rings (SSSR count). The van der Waals surface area contributed by atoms with Gasteiger partial charge in [-0.15, -0.1) is 0 Å². The highest BCUT2D eigenvalue weighted by molar-refractivity contribution is 5.79. The van der Waals surface area contributed by atoms with Crippen LogP contribution in [0.2, 0.25) is 0 Å². The predicted molar refractivity (Wildman–Crippen MR) is 62.3 cm³/mol. The van der Waals surface area contributed by atoms with Crippen molar-refractivity contribution in [1.82, 2.24) is 4.98 Å². The van der Waals surface area contributed by atoms with E-state index in [4.69, 9.17) is 4.74 Å². The predicted octanol–water partition coefficient (Wildman–Crippen LogP) is 2.94. The number of esters is 1. The molecule has 1 aromatic carbocycles. The quantitative estimate of drug-likeness (QED) is 0.739. The molecular weight excluding hydrogens is 202 g/mol. The molecule has 0 fully saturated rings. The SMILES string of the molecule is CCCC(=O)Oc1ccc2ccccc2n1. The molecule has 0 unspecified atom stereocenters. The molecule has 0 aliphatic heterocycles. The number of ether oxygens (including phenoxy) is 1. The van der Waals surface area contributed by atoms with Crippen molar-refractivity contribution in [2.45, 2.75) is 19.8 Å². The Morgan fingerprint density at radius 1 is 1.25 bits per heavy atom. The van der Waals surface area contributed by atoms with Gasteiger partial charge in [0.25, 0.3) is 0 Å². The smallest absolute Gasteiger partial charge is 0.312 e. The minimum Gasteiger partial charge on any atom is -0.407 e. The van der Waals surface area contributed by atoms with Crippen molar-refractivity contribution in [3.05, 3.63) is 36.4 Å². The fourth-order valence-electron chi connectivity index (χ4n) is 1.48. The fraction of sp³-hybridized carbons (Fsp3) is 0.231. The molecule has 16 heavy (non-hydrogen) atoms. The number of carbonyl (C=O) groups excluding carboxylic acids is 1. The van der Waals surface area contributed by atoms with E-state index < -0.39 is 0 Å². The van der Waals surface area contributed by atoms with Crippen LogP contribution in [0.4, 0.5) is 0 Å². The lowest BCUT2D eigenvalue weighted by atomic mass is 10.2. The van der Waals surface area contributed by atoms with E-state index in [-0.39, 0.29) is 5.97 Å². The number of para-hydroxylation sites is 1. The van der Waals surface area contributed by atoms with E-state index in [2.05, 4.69) is 4.98 Å². The Hall–Kier alpha value is -1.90. The Morgan fingerprint density at radius 2 is 2.06 bits per heavy atom. The van der Waals surface area contributed by atoms with Crippen LogP contribution in [-0.4, -0.2) is 11.0 Å². The third-order valence-electron chi connectivity index (χ3n) is 2.25. The van der Waals surface area contributed by atoms with Gasteiger partial charge in [0.1, 0.15) is 0 Å². The molecule has 0 aliphatic rings. The second kappa shape index (κ2) is 4.75. The first-order valence-corrected chi connectivity index (χ1v) is 5.36. The molecule has 0 spiro atoms. The zero-order chi connectivity index (χ0) is 11.4. The number of fused-ring (bicyclic) bond motifs is 1. The van der Waals surface area contributed by atoms with Crippen molar-refractivity contribution in [2.24, 2.45) is 0 Å². The third kappa shape index (κ3) is 2.37. The van der Waals surface area contributed by atoms with Crippen molar-refractivity contribution in [3.8, 4) is 5.88 Å². The third-order valence-corrected chi connectivity index (χ3v) is 2.25. The number of aromatic nitrogens is 1. The van der Waals surface area contributed by atoms with Crippen molar-refractivity contribution in [1.29, 1.82) is 0 Å². The maximum Gasteiger partial charge on any atom is 0.312 e. The molecule has 0 saturated carbocycles. The lowest BCUT2D eigenvalue weighted by Gasteiger charge is -2.03. The summed E-state index contributed by atoms with van der Waals surface area (Å²) < 4.78 is 5.11. The first-order valence-electron chi connectivity index (χ1n) is 5.36. The summed E-state index contributed by atoms with van der Waals surface area (Å²) in [5.41, 5.74) is 0.837. The molecule has 0 atom stereocenters. The van der Waals surface area contributed by atoms with Gasteiger partial charge in [-0.05, 0) is 18.6 Å². The monoisotopic (exact) mass is 215 g/mol. The Morgan fingerprint density at radius 3 is 2.88 bits per heavy atom. The first-order chi connectivity index (χ1) is 7.79. The number of carbonyl (C=O) groups is 1. The number of hydrogen-bond donors (Lipinski definition) is 0. The van der Waals surface area contributed by atoms with Gasteiger partial charge in [-0.1, -0.05) is 25.1 Å². The van der Waals surface area contributed by atoms with Crippen molar-refractivity contribution < 1.29 is 9.53 Å². The van der Waals surface area contributed by atoms with E-state index >= 15 is 0 Å². The van der Waals surface area contributed by atoms with Gasteiger partial charge in [-0.2, -0.15) is 0 Å². The summed E-state index contributed by atoms with van der Waals surface area (Å²) in [6, 6.07) is 11.3. The van der Waals surface area contributed by atoms with E-state index in [1.54, 1.807) is 6.07 Å². The molecule has 3 heteroatoms. The van der Waals surface area contributed by atoms with E-state index in [1.807, 2.05) is 37.3 Å². The number of rotatable bonds is 3. The van der Waals surface area contributed by atoms with Gasteiger partial charge < -0.3 is 4.74 Å². The van der Waals surface area contributed by atoms with Crippen LogP contribution in [0.3, 0.4) is 0 Å². The molecule has 0 radical (unpaired) electrons. The molecule has 0 aliphatic carbocycles. The number of benzene rings is 1. The highest BCUT2D eigenvalue weighted by Gasteiger charge is 2.04. The zero-order valence-electron chi connectivity index (χ0n) is 9.14. The summed E-state index contributed by atoms with van der Waals surface area (Å²) in [5, 5.41) is 1.04. The van der Waals surface area contributed by atoms with Crippen LogP contribution < -0.4 is 4.74 Å². The Bertz CT molecular complexity index is 508. The lowest BCUT2D eigenvalue weighted by Crippen LogP contribution is -2.07. The largest absolute Gasteiger partial charge is 0.407 e. The van der Waals surface area contributed by atoms with Crippen LogP contribution >= 0.6 is 0 Å². The molecule has 1 aromatic heterocycles. The summed E-state index contributed by atoms with van der Waals surface area (Å²) in [5.74, 6) is 0.141. The van der Waals surface area contributed by atoms with Gasteiger partial charge in [0.2, 0.25) is 5.88 Å². The summed E-state index contributed by atoms with van der Waals surface area (Å²) in [6.07, 6.45) is 1.21. The Labute approximate surface area is 94.1 Å². The minimum atomic E-state index is -0.231. The number of pyridine rings is 1. The minimum absolute atomic E-state index is 0.231. The van der Waals surface area contributed by atoms with Crippen LogP contribution in [0, 0.1) is 0 Å². The van der Waals surface area contributed by atoms with Crippen LogP contribution in [0.25, 0.3) is 10.9 Å². The molecule has 0 bridgehead atoms. The molecular formula is C13H13NO2. The Balaban J connectivity index is 2.22. The second-order valence-electron chi connectivity index (χ2n) is 3.57. The van der Waals surface area contributed by atoms with Crippen LogP contribution in [0.5, 0.6) is 5.88 Å². The molecule has 2 aromatic rings. The van der Waals surface area contributed by atoms with Gasteiger partial charge in [0.15, 0.2) is 0 Å². The maximum absolute atomic E-state index is 11.3. The van der Waals surface area contributed by atoms with E-state index in [0.717, 1.165) is 17.3 Å². The van der Waals surface area contributed by atoms with Crippen molar-refractivity contribution in [2.75, 3.05) is 0 Å². The highest BCUT2D eigenvalue weighted by atomic mass is 16.5. The van der Waals surface area contributed by atoms with E-state index in [9.17, 15) is 4.79 Å². The molecule has 0 amide bonds. The standard InChI is InChI=1S/C13H13NO2/c1-2-5-13(15)16-12-9-8-10-6-3-4-7-11(10)14-12/h3-4,6-9H,2,5H2,1H3. The maximum atomic E-state index is 11.3. The average Bonchev–Trinajstić information content (AvgIpc) is 2.29. The molecule has 82 valence electrons. The van der Waals surface area contributed by atoms with Gasteiger partial charge >= 0.3 is 5.97 Å². The molecule has 0 saturated heterocycles. The van der Waals surface area contributed by atoms with Crippen LogP contribution in [0.15, 0.2) is 36.4 Å². The van der Waals surface area contributed by atoms with Gasteiger partial charge in [0, 0.05) is 17.9 Å². The van der Waals surface area contributed by atoms with Crippen molar-refractivity contribution >= 4 is 16.9 Å². The van der Waals surface area contributed by atoms with Crippen LogP contribution in [-0.2, 0) is 4.79 Å². The molecule has 3 nitrogen and oxygen atoms in total. The van der Waals surface area contributed by atoms with Crippen LogP contribution in [0.1, 0.15) is 19.8 Å². The highest BCUT2D eigenvalue weighted by Crippen LogP contribution is 2.16. The molecule has 1 heterocycles. The summed E-state index contributed by atoms with van der Waals surface area (Å²) in [6.45, 7) is 1.94. The average molecular weight is 215 g/mol. The normalized spacial score (nSPS) is 10.3.